The average Bonchev–Trinajstić information content (AvgIpc) is 2.40. The largest absolute Gasteiger partial charge is 0.469 e. The van der Waals surface area contributed by atoms with Gasteiger partial charge < -0.3 is 4.74 Å². The number of hydrogen-bond acceptors (Lipinski definition) is 2. The Morgan fingerprint density at radius 1 is 1.28 bits per heavy atom. The summed E-state index contributed by atoms with van der Waals surface area (Å²) in [5, 5.41) is 1.34. The van der Waals surface area contributed by atoms with E-state index in [1.807, 2.05) is 6.07 Å². The van der Waals surface area contributed by atoms with Crippen LogP contribution in [-0.4, -0.2) is 13.1 Å². The molecule has 2 rings (SSSR count). The molecular formula is C14H16Cl2O2. The van der Waals surface area contributed by atoms with Crippen molar-refractivity contribution in [2.75, 3.05) is 7.11 Å². The normalized spacial score (nSPS) is 23.7. The average molecular weight is 287 g/mol. The van der Waals surface area contributed by atoms with Crippen LogP contribution in [0.4, 0.5) is 0 Å². The van der Waals surface area contributed by atoms with Gasteiger partial charge in [0.2, 0.25) is 0 Å². The highest BCUT2D eigenvalue weighted by Crippen LogP contribution is 2.41. The van der Waals surface area contributed by atoms with Crippen LogP contribution in [0.1, 0.15) is 37.2 Å². The first-order chi connectivity index (χ1) is 8.63. The van der Waals surface area contributed by atoms with Gasteiger partial charge in [0.1, 0.15) is 0 Å². The molecule has 0 amide bonds. The van der Waals surface area contributed by atoms with E-state index in [4.69, 9.17) is 27.9 Å². The fraction of sp³-hybridized carbons (Fsp3) is 0.500. The Kier molecular flexibility index (Phi) is 4.52. The van der Waals surface area contributed by atoms with Crippen molar-refractivity contribution in [2.24, 2.45) is 5.92 Å². The van der Waals surface area contributed by atoms with Crippen LogP contribution in [0.3, 0.4) is 0 Å². The molecular weight excluding hydrogens is 271 g/mol. The van der Waals surface area contributed by atoms with Gasteiger partial charge in [0.25, 0.3) is 0 Å². The first kappa shape index (κ1) is 13.7. The van der Waals surface area contributed by atoms with E-state index in [0.29, 0.717) is 10.0 Å². The Labute approximate surface area is 117 Å². The standard InChI is InChI=1S/C14H16Cl2O2/c1-18-14(17)11-5-3-2-4-10(11)12-8-9(15)6-7-13(12)16/h6-8,10-11H,2-5H2,1H3. The van der Waals surface area contributed by atoms with Crippen molar-refractivity contribution in [3.63, 3.8) is 0 Å². The molecule has 2 unspecified atom stereocenters. The summed E-state index contributed by atoms with van der Waals surface area (Å²) in [6.45, 7) is 0. The summed E-state index contributed by atoms with van der Waals surface area (Å²) in [4.78, 5) is 11.8. The number of methoxy groups -OCH3 is 1. The van der Waals surface area contributed by atoms with E-state index in [9.17, 15) is 4.79 Å². The van der Waals surface area contributed by atoms with E-state index in [-0.39, 0.29) is 17.8 Å². The topological polar surface area (TPSA) is 26.3 Å². The number of esters is 1. The van der Waals surface area contributed by atoms with Crippen LogP contribution >= 0.6 is 23.2 Å². The van der Waals surface area contributed by atoms with Crippen LogP contribution in [0.25, 0.3) is 0 Å². The Hall–Kier alpha value is -0.730. The van der Waals surface area contributed by atoms with E-state index in [0.717, 1.165) is 31.2 Å². The number of benzene rings is 1. The van der Waals surface area contributed by atoms with Crippen molar-refractivity contribution in [3.05, 3.63) is 33.8 Å². The molecule has 0 saturated heterocycles. The van der Waals surface area contributed by atoms with Crippen molar-refractivity contribution in [1.82, 2.24) is 0 Å². The minimum Gasteiger partial charge on any atom is -0.469 e. The lowest BCUT2D eigenvalue weighted by atomic mass is 9.75. The van der Waals surface area contributed by atoms with Crippen LogP contribution in [0.15, 0.2) is 18.2 Å². The van der Waals surface area contributed by atoms with E-state index in [1.54, 1.807) is 12.1 Å². The van der Waals surface area contributed by atoms with Crippen LogP contribution in [-0.2, 0) is 9.53 Å². The molecule has 0 bridgehead atoms. The summed E-state index contributed by atoms with van der Waals surface area (Å²) in [7, 11) is 1.44. The molecule has 2 nitrogen and oxygen atoms in total. The molecule has 1 aliphatic rings. The predicted molar refractivity (Wildman–Crippen MR) is 73.2 cm³/mol. The van der Waals surface area contributed by atoms with Crippen molar-refractivity contribution in [2.45, 2.75) is 31.6 Å². The van der Waals surface area contributed by atoms with E-state index >= 15 is 0 Å². The number of halogens is 2. The number of carbonyl (C=O) groups excluding carboxylic acids is 1. The second-order valence-corrected chi connectivity index (χ2v) is 5.53. The van der Waals surface area contributed by atoms with Gasteiger partial charge in [-0.2, -0.15) is 0 Å². The van der Waals surface area contributed by atoms with Crippen LogP contribution in [0, 0.1) is 5.92 Å². The fourth-order valence-corrected chi connectivity index (χ4v) is 3.17. The molecule has 18 heavy (non-hydrogen) atoms. The van der Waals surface area contributed by atoms with E-state index in [1.165, 1.54) is 7.11 Å². The molecule has 0 aliphatic heterocycles. The number of carbonyl (C=O) groups is 1. The van der Waals surface area contributed by atoms with Gasteiger partial charge in [-0.15, -0.1) is 0 Å². The molecule has 0 radical (unpaired) electrons. The van der Waals surface area contributed by atoms with Crippen LogP contribution in [0.2, 0.25) is 10.0 Å². The molecule has 0 N–H and O–H groups in total. The number of rotatable bonds is 2. The lowest BCUT2D eigenvalue weighted by Gasteiger charge is -2.30. The van der Waals surface area contributed by atoms with Gasteiger partial charge >= 0.3 is 5.97 Å². The Morgan fingerprint density at radius 3 is 2.72 bits per heavy atom. The molecule has 2 atom stereocenters. The Morgan fingerprint density at radius 2 is 2.00 bits per heavy atom. The smallest absolute Gasteiger partial charge is 0.309 e. The van der Waals surface area contributed by atoms with Crippen molar-refractivity contribution >= 4 is 29.2 Å². The Balaban J connectivity index is 2.33. The van der Waals surface area contributed by atoms with Gasteiger partial charge in [-0.3, -0.25) is 4.79 Å². The third-order valence-corrected chi connectivity index (χ3v) is 4.21. The maximum absolute atomic E-state index is 11.8. The van der Waals surface area contributed by atoms with Gasteiger partial charge in [0.15, 0.2) is 0 Å². The molecule has 1 aliphatic carbocycles. The first-order valence-corrected chi connectivity index (χ1v) is 6.92. The highest BCUT2D eigenvalue weighted by atomic mass is 35.5. The summed E-state index contributed by atoms with van der Waals surface area (Å²) < 4.78 is 4.90. The maximum atomic E-state index is 11.8. The number of hydrogen-bond donors (Lipinski definition) is 0. The quantitative estimate of drug-likeness (QED) is 0.752. The molecule has 1 aromatic rings. The summed E-state index contributed by atoms with van der Waals surface area (Å²) in [6.07, 6.45) is 4.00. The predicted octanol–water partition coefficient (Wildman–Crippen LogP) is 4.44. The monoisotopic (exact) mass is 286 g/mol. The van der Waals surface area contributed by atoms with Crippen molar-refractivity contribution in [3.8, 4) is 0 Å². The highest BCUT2D eigenvalue weighted by Gasteiger charge is 2.33. The molecule has 0 heterocycles. The lowest BCUT2D eigenvalue weighted by molar-refractivity contribution is -0.147. The zero-order valence-corrected chi connectivity index (χ0v) is 11.8. The zero-order chi connectivity index (χ0) is 13.1. The minimum atomic E-state index is -0.143. The third kappa shape index (κ3) is 2.81. The summed E-state index contributed by atoms with van der Waals surface area (Å²) >= 11 is 12.3. The fourth-order valence-electron chi connectivity index (χ4n) is 2.74. The van der Waals surface area contributed by atoms with Gasteiger partial charge in [-0.1, -0.05) is 36.0 Å². The van der Waals surface area contributed by atoms with E-state index < -0.39 is 0 Å². The number of ether oxygens (including phenoxy) is 1. The summed E-state index contributed by atoms with van der Waals surface area (Å²) in [5.41, 5.74) is 0.972. The van der Waals surface area contributed by atoms with Gasteiger partial charge in [0, 0.05) is 10.0 Å². The molecule has 1 aromatic carbocycles. The van der Waals surface area contributed by atoms with Gasteiger partial charge in [-0.25, -0.2) is 0 Å². The molecule has 4 heteroatoms. The Bertz CT molecular complexity index is 445. The maximum Gasteiger partial charge on any atom is 0.309 e. The van der Waals surface area contributed by atoms with Crippen molar-refractivity contribution in [1.29, 1.82) is 0 Å². The SMILES string of the molecule is COC(=O)C1CCCCC1c1cc(Cl)ccc1Cl. The minimum absolute atomic E-state index is 0.0975. The summed E-state index contributed by atoms with van der Waals surface area (Å²) in [6, 6.07) is 5.43. The first-order valence-electron chi connectivity index (χ1n) is 6.16. The third-order valence-electron chi connectivity index (χ3n) is 3.63. The van der Waals surface area contributed by atoms with Crippen LogP contribution < -0.4 is 0 Å². The second-order valence-electron chi connectivity index (χ2n) is 4.69. The highest BCUT2D eigenvalue weighted by molar-refractivity contribution is 6.33. The lowest BCUT2D eigenvalue weighted by Crippen LogP contribution is -2.27. The molecule has 1 fully saturated rings. The molecule has 0 aromatic heterocycles. The van der Waals surface area contributed by atoms with Gasteiger partial charge in [-0.05, 0) is 42.5 Å². The molecule has 0 spiro atoms. The van der Waals surface area contributed by atoms with Crippen molar-refractivity contribution < 1.29 is 9.53 Å². The van der Waals surface area contributed by atoms with Crippen LogP contribution in [0.5, 0.6) is 0 Å². The second kappa shape index (κ2) is 5.94. The molecule has 98 valence electrons. The van der Waals surface area contributed by atoms with Gasteiger partial charge in [0.05, 0.1) is 13.0 Å². The molecule has 1 saturated carbocycles. The van der Waals surface area contributed by atoms with E-state index in [2.05, 4.69) is 0 Å². The zero-order valence-electron chi connectivity index (χ0n) is 10.3. The summed E-state index contributed by atoms with van der Waals surface area (Å²) in [5.74, 6) is -0.118.